The van der Waals surface area contributed by atoms with Crippen molar-refractivity contribution >= 4 is 39.6 Å². The lowest BCUT2D eigenvalue weighted by atomic mass is 10.1. The van der Waals surface area contributed by atoms with Gasteiger partial charge in [0.1, 0.15) is 30.2 Å². The highest BCUT2D eigenvalue weighted by Crippen LogP contribution is 2.46. The minimum Gasteiger partial charge on any atom is -0.468 e. The van der Waals surface area contributed by atoms with Gasteiger partial charge in [-0.15, -0.1) is 0 Å². The molecule has 1 fully saturated rings. The molecule has 38 heavy (non-hydrogen) atoms. The molecule has 1 unspecified atom stereocenters. The van der Waals surface area contributed by atoms with Crippen molar-refractivity contribution in [2.75, 3.05) is 25.9 Å². The van der Waals surface area contributed by atoms with Gasteiger partial charge >= 0.3 is 5.97 Å². The van der Waals surface area contributed by atoms with Crippen LogP contribution in [0.2, 0.25) is 36.3 Å². The summed E-state index contributed by atoms with van der Waals surface area (Å²) in [6.07, 6.45) is 1.30. The maximum Gasteiger partial charge on any atom is 0.319 e. The third-order valence-corrected chi connectivity index (χ3v) is 17.2. The zero-order valence-electron chi connectivity index (χ0n) is 24.8. The third-order valence-electron chi connectivity index (χ3n) is 8.26. The van der Waals surface area contributed by atoms with Crippen LogP contribution in [0.15, 0.2) is 12.7 Å². The number of carbonyl (C=O) groups excluding carboxylic acids is 1. The number of esters is 1. The highest BCUT2D eigenvalue weighted by molar-refractivity contribution is 6.74. The lowest BCUT2D eigenvalue weighted by Gasteiger charge is -2.44. The lowest BCUT2D eigenvalue weighted by molar-refractivity contribution is -0.139. The summed E-state index contributed by atoms with van der Waals surface area (Å²) >= 11 is 0. The molecule has 0 bridgehead atoms. The van der Waals surface area contributed by atoms with Crippen molar-refractivity contribution < 1.29 is 23.1 Å². The number of nitrogens with two attached hydrogens (primary N) is 1. The van der Waals surface area contributed by atoms with Crippen molar-refractivity contribution in [2.24, 2.45) is 0 Å². The predicted molar refractivity (Wildman–Crippen MR) is 153 cm³/mol. The van der Waals surface area contributed by atoms with E-state index in [0.717, 1.165) is 0 Å². The molecule has 11 nitrogen and oxygen atoms in total. The SMILES string of the molecule is COC(=O)CNC[C@H]1O[C@@H](n2cnc3c(N)ncnc32)C(O[Si](C)(C)C(C)(C)C)[C@H]1O[Si](C)(C)C(C)(C)C. The second kappa shape index (κ2) is 10.9. The van der Waals surface area contributed by atoms with Gasteiger partial charge in [0.05, 0.1) is 20.0 Å². The second-order valence-corrected chi connectivity index (χ2v) is 22.6. The van der Waals surface area contributed by atoms with Crippen molar-refractivity contribution in [3.8, 4) is 0 Å². The van der Waals surface area contributed by atoms with Crippen LogP contribution in [0, 0.1) is 0 Å². The fourth-order valence-corrected chi connectivity index (χ4v) is 6.45. The Bertz CT molecular complexity index is 1130. The maximum absolute atomic E-state index is 11.8. The molecule has 3 rings (SSSR count). The minimum absolute atomic E-state index is 0.0278. The first-order valence-corrected chi connectivity index (χ1v) is 18.9. The Morgan fingerprint density at radius 3 is 2.16 bits per heavy atom. The molecule has 13 heteroatoms. The van der Waals surface area contributed by atoms with E-state index < -0.39 is 41.2 Å². The Kier molecular flexibility index (Phi) is 8.81. The number of anilines is 1. The van der Waals surface area contributed by atoms with Gasteiger partial charge in [0.25, 0.3) is 0 Å². The molecule has 214 valence electrons. The molecule has 1 aliphatic heterocycles. The summed E-state index contributed by atoms with van der Waals surface area (Å²) in [5.74, 6) is -0.0396. The van der Waals surface area contributed by atoms with Crippen LogP contribution in [0.3, 0.4) is 0 Å². The van der Waals surface area contributed by atoms with Crippen molar-refractivity contribution in [3.63, 3.8) is 0 Å². The first kappa shape index (κ1) is 30.6. The van der Waals surface area contributed by atoms with Crippen LogP contribution in [0.25, 0.3) is 11.2 Å². The van der Waals surface area contributed by atoms with Crippen LogP contribution in [0.4, 0.5) is 5.82 Å². The lowest BCUT2D eigenvalue weighted by Crippen LogP contribution is -2.54. The molecule has 2 aromatic rings. The number of carbonyl (C=O) groups is 1. The van der Waals surface area contributed by atoms with E-state index in [4.69, 9.17) is 24.1 Å². The predicted octanol–water partition coefficient (Wildman–Crippen LogP) is 3.85. The Morgan fingerprint density at radius 2 is 1.61 bits per heavy atom. The second-order valence-electron chi connectivity index (χ2n) is 13.0. The molecule has 0 aliphatic carbocycles. The number of aromatic nitrogens is 4. The highest BCUT2D eigenvalue weighted by atomic mass is 28.4. The van der Waals surface area contributed by atoms with E-state index in [9.17, 15) is 4.79 Å². The summed E-state index contributed by atoms with van der Waals surface area (Å²) in [6.45, 7) is 22.6. The molecule has 1 aliphatic rings. The summed E-state index contributed by atoms with van der Waals surface area (Å²) in [5, 5.41) is 3.11. The monoisotopic (exact) mass is 566 g/mol. The standard InChI is InChI=1S/C25H46N6O5Si2/c1-24(2,3)37(8,9)35-19-16(12-27-13-17(32)33-7)34-23(20(19)36-38(10,11)25(4,5)6)31-15-30-18-21(26)28-14-29-22(18)31/h14-16,19-20,23,27H,12-13H2,1-11H3,(H2,26,28,29)/t16-,19+,20?,23-/m1/s1. The molecular weight excluding hydrogens is 520 g/mol. The van der Waals surface area contributed by atoms with E-state index >= 15 is 0 Å². The molecule has 0 aromatic carbocycles. The average molecular weight is 567 g/mol. The van der Waals surface area contributed by atoms with E-state index in [1.165, 1.54) is 13.4 Å². The van der Waals surface area contributed by atoms with Crippen LogP contribution in [0.1, 0.15) is 47.8 Å². The van der Waals surface area contributed by atoms with Crippen LogP contribution < -0.4 is 11.1 Å². The van der Waals surface area contributed by atoms with E-state index in [2.05, 4.69) is 88.0 Å². The number of imidazole rings is 1. The van der Waals surface area contributed by atoms with Crippen LogP contribution in [-0.2, 0) is 23.1 Å². The molecule has 0 saturated carbocycles. The topological polar surface area (TPSA) is 136 Å². The van der Waals surface area contributed by atoms with Gasteiger partial charge in [-0.25, -0.2) is 15.0 Å². The summed E-state index contributed by atoms with van der Waals surface area (Å²) in [7, 11) is -3.16. The first-order valence-electron chi connectivity index (χ1n) is 13.1. The molecule has 3 heterocycles. The zero-order valence-corrected chi connectivity index (χ0v) is 26.8. The number of nitrogen functional groups attached to an aromatic ring is 1. The van der Waals surface area contributed by atoms with E-state index in [1.54, 1.807) is 6.33 Å². The van der Waals surface area contributed by atoms with Gasteiger partial charge in [0.15, 0.2) is 34.3 Å². The number of nitrogens with one attached hydrogen (secondary N) is 1. The van der Waals surface area contributed by atoms with Gasteiger partial charge in [-0.05, 0) is 36.3 Å². The number of hydrogen-bond donors (Lipinski definition) is 2. The van der Waals surface area contributed by atoms with Crippen molar-refractivity contribution in [1.82, 2.24) is 24.8 Å². The number of rotatable bonds is 9. The number of methoxy groups -OCH3 is 1. The van der Waals surface area contributed by atoms with Crippen molar-refractivity contribution in [3.05, 3.63) is 12.7 Å². The molecule has 0 spiro atoms. The molecule has 2 aromatic heterocycles. The molecule has 3 N–H and O–H groups in total. The number of nitrogens with zero attached hydrogens (tertiary/aromatic N) is 4. The van der Waals surface area contributed by atoms with Crippen LogP contribution in [-0.4, -0.2) is 80.6 Å². The summed E-state index contributed by atoms with van der Waals surface area (Å²) < 4.78 is 27.5. The molecule has 4 atom stereocenters. The normalized spacial score (nSPS) is 23.2. The van der Waals surface area contributed by atoms with Crippen molar-refractivity contribution in [1.29, 1.82) is 0 Å². The van der Waals surface area contributed by atoms with Gasteiger partial charge < -0.3 is 29.4 Å². The van der Waals surface area contributed by atoms with Gasteiger partial charge in [-0.3, -0.25) is 9.36 Å². The Hall–Kier alpha value is -1.91. The number of hydrogen-bond acceptors (Lipinski definition) is 10. The molecular formula is C25H46N6O5Si2. The Labute approximate surface area is 228 Å². The zero-order chi connectivity index (χ0) is 28.7. The quantitative estimate of drug-likeness (QED) is 0.340. The average Bonchev–Trinajstić information content (AvgIpc) is 3.34. The van der Waals surface area contributed by atoms with Gasteiger partial charge in [0.2, 0.25) is 0 Å². The maximum atomic E-state index is 11.8. The summed E-state index contributed by atoms with van der Waals surface area (Å²) in [6, 6.07) is 0. The van der Waals surface area contributed by atoms with E-state index in [1.807, 2.05) is 4.57 Å². The van der Waals surface area contributed by atoms with Gasteiger partial charge in [-0.1, -0.05) is 41.5 Å². The Morgan fingerprint density at radius 1 is 1.03 bits per heavy atom. The minimum atomic E-state index is -2.28. The smallest absolute Gasteiger partial charge is 0.319 e. The first-order chi connectivity index (χ1) is 17.4. The van der Waals surface area contributed by atoms with Crippen molar-refractivity contribution in [2.45, 2.75) is 102 Å². The molecule has 0 radical (unpaired) electrons. The third kappa shape index (κ3) is 6.28. The number of fused-ring (bicyclic) bond motifs is 1. The van der Waals surface area contributed by atoms with Gasteiger partial charge in [-0.2, -0.15) is 0 Å². The number of ether oxygens (including phenoxy) is 2. The van der Waals surface area contributed by atoms with Crippen LogP contribution in [0.5, 0.6) is 0 Å². The molecule has 1 saturated heterocycles. The molecule has 0 amide bonds. The fourth-order valence-electron chi connectivity index (χ4n) is 3.84. The Balaban J connectivity index is 2.10. The highest BCUT2D eigenvalue weighted by Gasteiger charge is 2.54. The largest absolute Gasteiger partial charge is 0.468 e. The van der Waals surface area contributed by atoms with E-state index in [-0.39, 0.29) is 22.6 Å². The van der Waals surface area contributed by atoms with Gasteiger partial charge in [0, 0.05) is 6.54 Å². The van der Waals surface area contributed by atoms with E-state index in [0.29, 0.717) is 23.5 Å². The summed E-state index contributed by atoms with van der Waals surface area (Å²) in [5.41, 5.74) is 7.17. The van der Waals surface area contributed by atoms with Crippen LogP contribution >= 0.6 is 0 Å². The summed E-state index contributed by atoms with van der Waals surface area (Å²) in [4.78, 5) is 24.8. The fraction of sp³-hybridized carbons (Fsp3) is 0.760.